The van der Waals surface area contributed by atoms with Crippen LogP contribution in [0.15, 0.2) is 78.9 Å². The molecule has 0 aliphatic rings. The highest BCUT2D eigenvalue weighted by atomic mass is 16.5. The Labute approximate surface area is 152 Å². The molecule has 0 aliphatic carbocycles. The van der Waals surface area contributed by atoms with Gasteiger partial charge in [-0.05, 0) is 29.3 Å². The standard InChI is InChI=1S/C22H18O4/c1-25-19-13-12-18(15-23)20(14-19)22(24)26-21(16-8-4-2-5-9-16)17-10-6-3-7-11-17/h2-15,21H,1H3. The Balaban J connectivity index is 1.97. The van der Waals surface area contributed by atoms with Crippen molar-refractivity contribution in [3.63, 3.8) is 0 Å². The number of hydrogen-bond donors (Lipinski definition) is 0. The quantitative estimate of drug-likeness (QED) is 0.489. The second kappa shape index (κ2) is 8.12. The van der Waals surface area contributed by atoms with Gasteiger partial charge in [0.2, 0.25) is 0 Å². The molecule has 3 aromatic carbocycles. The number of carbonyl (C=O) groups excluding carboxylic acids is 2. The predicted molar refractivity (Wildman–Crippen MR) is 98.5 cm³/mol. The third kappa shape index (κ3) is 3.81. The van der Waals surface area contributed by atoms with Gasteiger partial charge in [0.05, 0.1) is 12.7 Å². The minimum atomic E-state index is -0.580. The molecule has 0 aliphatic heterocycles. The number of benzene rings is 3. The summed E-state index contributed by atoms with van der Waals surface area (Å²) >= 11 is 0. The zero-order valence-electron chi connectivity index (χ0n) is 14.3. The van der Waals surface area contributed by atoms with E-state index >= 15 is 0 Å². The molecule has 130 valence electrons. The van der Waals surface area contributed by atoms with E-state index in [9.17, 15) is 9.59 Å². The lowest BCUT2D eigenvalue weighted by Crippen LogP contribution is -2.14. The van der Waals surface area contributed by atoms with Crippen LogP contribution in [-0.2, 0) is 4.74 Å². The minimum Gasteiger partial charge on any atom is -0.497 e. The maximum atomic E-state index is 12.8. The molecule has 3 rings (SSSR count). The van der Waals surface area contributed by atoms with E-state index in [1.807, 2.05) is 60.7 Å². The van der Waals surface area contributed by atoms with Crippen molar-refractivity contribution in [2.75, 3.05) is 7.11 Å². The highest BCUT2D eigenvalue weighted by Gasteiger charge is 2.22. The van der Waals surface area contributed by atoms with Crippen molar-refractivity contribution in [2.24, 2.45) is 0 Å². The Morgan fingerprint density at radius 2 is 1.46 bits per heavy atom. The van der Waals surface area contributed by atoms with Crippen LogP contribution in [0.4, 0.5) is 0 Å². The van der Waals surface area contributed by atoms with Gasteiger partial charge < -0.3 is 9.47 Å². The fourth-order valence-electron chi connectivity index (χ4n) is 2.70. The van der Waals surface area contributed by atoms with Crippen LogP contribution in [0.25, 0.3) is 0 Å². The summed E-state index contributed by atoms with van der Waals surface area (Å²) in [4.78, 5) is 24.1. The number of rotatable bonds is 6. The van der Waals surface area contributed by atoms with Crippen molar-refractivity contribution >= 4 is 12.3 Å². The Morgan fingerprint density at radius 1 is 0.885 bits per heavy atom. The number of methoxy groups -OCH3 is 1. The van der Waals surface area contributed by atoms with Crippen molar-refractivity contribution in [3.8, 4) is 5.75 Å². The summed E-state index contributed by atoms with van der Waals surface area (Å²) in [5.41, 5.74) is 2.14. The highest BCUT2D eigenvalue weighted by Crippen LogP contribution is 2.28. The Kier molecular flexibility index (Phi) is 5.44. The van der Waals surface area contributed by atoms with E-state index in [1.54, 1.807) is 12.1 Å². The van der Waals surface area contributed by atoms with E-state index in [1.165, 1.54) is 13.2 Å². The first-order valence-corrected chi connectivity index (χ1v) is 8.17. The molecule has 0 spiro atoms. The third-order valence-corrected chi connectivity index (χ3v) is 4.04. The summed E-state index contributed by atoms with van der Waals surface area (Å²) in [6, 6.07) is 23.7. The molecule has 0 fully saturated rings. The Bertz CT molecular complexity index is 849. The lowest BCUT2D eigenvalue weighted by atomic mass is 10.0. The fourth-order valence-corrected chi connectivity index (χ4v) is 2.70. The van der Waals surface area contributed by atoms with Crippen molar-refractivity contribution in [2.45, 2.75) is 6.10 Å². The lowest BCUT2D eigenvalue weighted by molar-refractivity contribution is 0.0376. The summed E-state index contributed by atoms with van der Waals surface area (Å²) in [6.07, 6.45) is 0.0615. The largest absolute Gasteiger partial charge is 0.497 e. The molecule has 0 atom stereocenters. The molecule has 4 nitrogen and oxygen atoms in total. The maximum Gasteiger partial charge on any atom is 0.339 e. The van der Waals surface area contributed by atoms with Gasteiger partial charge in [-0.3, -0.25) is 4.79 Å². The number of esters is 1. The molecule has 0 heterocycles. The van der Waals surface area contributed by atoms with E-state index in [0.29, 0.717) is 12.0 Å². The van der Waals surface area contributed by atoms with E-state index in [0.717, 1.165) is 11.1 Å². The van der Waals surface area contributed by atoms with Crippen molar-refractivity contribution in [1.82, 2.24) is 0 Å². The Hall–Kier alpha value is -3.40. The van der Waals surface area contributed by atoms with Gasteiger partial charge in [-0.25, -0.2) is 4.79 Å². The number of aldehydes is 1. The lowest BCUT2D eigenvalue weighted by Gasteiger charge is -2.19. The van der Waals surface area contributed by atoms with Gasteiger partial charge in [-0.15, -0.1) is 0 Å². The average Bonchev–Trinajstić information content (AvgIpc) is 2.72. The second-order valence-electron chi connectivity index (χ2n) is 5.68. The van der Waals surface area contributed by atoms with Gasteiger partial charge in [0.1, 0.15) is 5.75 Å². The maximum absolute atomic E-state index is 12.8. The van der Waals surface area contributed by atoms with Crippen molar-refractivity contribution in [1.29, 1.82) is 0 Å². The number of carbonyl (C=O) groups is 2. The van der Waals surface area contributed by atoms with Crippen LogP contribution >= 0.6 is 0 Å². The van der Waals surface area contributed by atoms with E-state index in [-0.39, 0.29) is 11.1 Å². The zero-order valence-corrected chi connectivity index (χ0v) is 14.3. The summed E-state index contributed by atoms with van der Waals surface area (Å²) in [5.74, 6) is -0.0952. The van der Waals surface area contributed by atoms with E-state index < -0.39 is 12.1 Å². The molecular weight excluding hydrogens is 328 g/mol. The minimum absolute atomic E-state index is 0.177. The summed E-state index contributed by atoms with van der Waals surface area (Å²) in [7, 11) is 1.50. The third-order valence-electron chi connectivity index (χ3n) is 4.04. The average molecular weight is 346 g/mol. The van der Waals surface area contributed by atoms with Gasteiger partial charge in [0, 0.05) is 5.56 Å². The van der Waals surface area contributed by atoms with Crippen LogP contribution < -0.4 is 4.74 Å². The van der Waals surface area contributed by atoms with E-state index in [4.69, 9.17) is 9.47 Å². The van der Waals surface area contributed by atoms with Gasteiger partial charge in [-0.1, -0.05) is 60.7 Å². The second-order valence-corrected chi connectivity index (χ2v) is 5.68. The number of hydrogen-bond acceptors (Lipinski definition) is 4. The summed E-state index contributed by atoms with van der Waals surface area (Å²) in [5, 5.41) is 0. The summed E-state index contributed by atoms with van der Waals surface area (Å²) in [6.45, 7) is 0. The normalized spacial score (nSPS) is 10.4. The van der Waals surface area contributed by atoms with Gasteiger partial charge >= 0.3 is 5.97 Å². The zero-order chi connectivity index (χ0) is 18.4. The van der Waals surface area contributed by atoms with Gasteiger partial charge in [0.25, 0.3) is 0 Å². The molecule has 26 heavy (non-hydrogen) atoms. The molecule has 4 heteroatoms. The predicted octanol–water partition coefficient (Wildman–Crippen LogP) is 4.45. The first-order valence-electron chi connectivity index (χ1n) is 8.17. The summed E-state index contributed by atoms with van der Waals surface area (Å²) < 4.78 is 11.0. The monoisotopic (exact) mass is 346 g/mol. The van der Waals surface area contributed by atoms with Crippen molar-refractivity contribution < 1.29 is 19.1 Å². The number of ether oxygens (including phenoxy) is 2. The van der Waals surface area contributed by atoms with Crippen LogP contribution in [0.5, 0.6) is 5.75 Å². The van der Waals surface area contributed by atoms with Crippen molar-refractivity contribution in [3.05, 3.63) is 101 Å². The van der Waals surface area contributed by atoms with Gasteiger partial charge in [-0.2, -0.15) is 0 Å². The molecule has 0 saturated heterocycles. The molecule has 0 bridgehead atoms. The van der Waals surface area contributed by atoms with Crippen LogP contribution in [0.1, 0.15) is 37.9 Å². The van der Waals surface area contributed by atoms with Crippen LogP contribution in [0.2, 0.25) is 0 Å². The SMILES string of the molecule is COc1ccc(C=O)c(C(=O)OC(c2ccccc2)c2ccccc2)c1. The van der Waals surface area contributed by atoms with Crippen LogP contribution in [0, 0.1) is 0 Å². The Morgan fingerprint density at radius 3 is 1.96 bits per heavy atom. The molecular formula is C22H18O4. The van der Waals surface area contributed by atoms with Crippen LogP contribution in [-0.4, -0.2) is 19.4 Å². The van der Waals surface area contributed by atoms with Crippen LogP contribution in [0.3, 0.4) is 0 Å². The molecule has 0 N–H and O–H groups in total. The molecule has 0 aromatic heterocycles. The van der Waals surface area contributed by atoms with Gasteiger partial charge in [0.15, 0.2) is 12.4 Å². The molecule has 0 unspecified atom stereocenters. The fraction of sp³-hybridized carbons (Fsp3) is 0.0909. The molecule has 0 amide bonds. The first-order chi connectivity index (χ1) is 12.7. The smallest absolute Gasteiger partial charge is 0.339 e. The molecule has 0 radical (unpaired) electrons. The first kappa shape index (κ1) is 17.4. The molecule has 0 saturated carbocycles. The molecule has 3 aromatic rings. The highest BCUT2D eigenvalue weighted by molar-refractivity contribution is 5.98. The van der Waals surface area contributed by atoms with E-state index in [2.05, 4.69) is 0 Å². The topological polar surface area (TPSA) is 52.6 Å².